The van der Waals surface area contributed by atoms with Gasteiger partial charge in [-0.15, -0.1) is 0 Å². The van der Waals surface area contributed by atoms with Crippen LogP contribution in [0.25, 0.3) is 0 Å². The number of piperazine rings is 1. The Labute approximate surface area is 178 Å². The molecule has 0 aliphatic carbocycles. The Hall–Kier alpha value is -2.13. The molecular weight excluding hydrogens is 414 g/mol. The number of ether oxygens (including phenoxy) is 1. The predicted octanol–water partition coefficient (Wildman–Crippen LogP) is 2.84. The molecule has 7 nitrogen and oxygen atoms in total. The van der Waals surface area contributed by atoms with Gasteiger partial charge in [-0.1, -0.05) is 29.3 Å². The van der Waals surface area contributed by atoms with Crippen molar-refractivity contribution in [1.82, 2.24) is 4.90 Å². The number of halogens is 1. The van der Waals surface area contributed by atoms with Gasteiger partial charge in [-0.05, 0) is 43.3 Å². The quantitative estimate of drug-likeness (QED) is 0.718. The number of nitrogens with one attached hydrogen (secondary N) is 1. The van der Waals surface area contributed by atoms with E-state index in [1.807, 2.05) is 43.3 Å². The lowest BCUT2D eigenvalue weighted by Gasteiger charge is -2.36. The molecule has 0 saturated carbocycles. The fraction of sp³-hybridized carbons (Fsp3) is 0.400. The van der Waals surface area contributed by atoms with Crippen LogP contribution in [0.2, 0.25) is 5.02 Å². The summed E-state index contributed by atoms with van der Waals surface area (Å²) in [6.45, 7) is 6.78. The number of aliphatic hydroxyl groups is 1. The summed E-state index contributed by atoms with van der Waals surface area (Å²) in [5.74, 6) is 0.803. The maximum absolute atomic E-state index is 10.2. The second-order valence-electron chi connectivity index (χ2n) is 6.78. The molecule has 0 amide bonds. The van der Waals surface area contributed by atoms with Crippen LogP contribution in [0.4, 0.5) is 5.69 Å². The van der Waals surface area contributed by atoms with Gasteiger partial charge < -0.3 is 14.7 Å². The van der Waals surface area contributed by atoms with E-state index in [-0.39, 0.29) is 0 Å². The minimum atomic E-state index is -2.61. The van der Waals surface area contributed by atoms with E-state index in [1.54, 1.807) is 0 Å². The molecule has 2 aromatic rings. The van der Waals surface area contributed by atoms with Crippen molar-refractivity contribution in [3.63, 3.8) is 0 Å². The van der Waals surface area contributed by atoms with Crippen molar-refractivity contribution in [3.05, 3.63) is 59.1 Å². The van der Waals surface area contributed by atoms with Gasteiger partial charge in [0.25, 0.3) is 0 Å². The second kappa shape index (κ2) is 11.8. The first-order valence-electron chi connectivity index (χ1n) is 9.24. The van der Waals surface area contributed by atoms with Crippen molar-refractivity contribution < 1.29 is 18.3 Å². The Kier molecular flexibility index (Phi) is 9.40. The van der Waals surface area contributed by atoms with Crippen LogP contribution in [-0.2, 0) is 10.5 Å². The molecule has 0 radical (unpaired) electrons. The average Bonchev–Trinajstić information content (AvgIpc) is 2.68. The van der Waals surface area contributed by atoms with Gasteiger partial charge in [0, 0.05) is 43.4 Å². The Morgan fingerprint density at radius 3 is 2.17 bits per heavy atom. The fourth-order valence-corrected chi connectivity index (χ4v) is 3.14. The van der Waals surface area contributed by atoms with Crippen LogP contribution in [0.1, 0.15) is 5.56 Å². The Morgan fingerprint density at radius 1 is 1.07 bits per heavy atom. The summed E-state index contributed by atoms with van der Waals surface area (Å²) in [7, 11) is -2.61. The average molecular weight is 440 g/mol. The van der Waals surface area contributed by atoms with E-state index in [4.69, 9.17) is 29.5 Å². The molecule has 29 heavy (non-hydrogen) atoms. The molecule has 2 aromatic carbocycles. The summed E-state index contributed by atoms with van der Waals surface area (Å²) in [5.41, 5.74) is 2.40. The van der Waals surface area contributed by atoms with E-state index in [0.29, 0.717) is 13.2 Å². The maximum Gasteiger partial charge on any atom is 0.308 e. The van der Waals surface area contributed by atoms with Gasteiger partial charge in [-0.3, -0.25) is 4.90 Å². The second-order valence-corrected chi connectivity index (χ2v) is 7.68. The zero-order valence-corrected chi connectivity index (χ0v) is 17.9. The molecule has 9 heteroatoms. The maximum atomic E-state index is 10.2. The molecule has 0 spiro atoms. The van der Waals surface area contributed by atoms with E-state index < -0.39 is 16.6 Å². The molecule has 1 aliphatic heterocycles. The van der Waals surface area contributed by atoms with Crippen LogP contribution in [0.5, 0.6) is 5.75 Å². The van der Waals surface area contributed by atoms with E-state index in [0.717, 1.165) is 37.0 Å². The van der Waals surface area contributed by atoms with Crippen molar-refractivity contribution in [2.45, 2.75) is 13.0 Å². The molecule has 0 aromatic heterocycles. The molecule has 3 rings (SSSR count). The van der Waals surface area contributed by atoms with Gasteiger partial charge in [0.05, 0.1) is 0 Å². The van der Waals surface area contributed by atoms with Crippen LogP contribution >= 0.6 is 11.6 Å². The molecular formula is C20H26ClN3O4S. The SMILES string of the molecule is Cc1ccc(OCC(O)CN2CCN(c3ccc(Cl)cc3)CC2)cc1.N=S(=O)=O. The van der Waals surface area contributed by atoms with Crippen molar-refractivity contribution in [1.29, 1.82) is 4.78 Å². The molecule has 1 aliphatic rings. The molecule has 2 N–H and O–H groups in total. The van der Waals surface area contributed by atoms with Crippen LogP contribution in [0, 0.1) is 11.7 Å². The smallest absolute Gasteiger partial charge is 0.308 e. The van der Waals surface area contributed by atoms with E-state index >= 15 is 0 Å². The highest BCUT2D eigenvalue weighted by Gasteiger charge is 2.19. The van der Waals surface area contributed by atoms with Crippen LogP contribution in [0.15, 0.2) is 48.5 Å². The van der Waals surface area contributed by atoms with Crippen molar-refractivity contribution in [3.8, 4) is 5.75 Å². The number of benzene rings is 2. The highest BCUT2D eigenvalue weighted by atomic mass is 35.5. The predicted molar refractivity (Wildman–Crippen MR) is 114 cm³/mol. The zero-order chi connectivity index (χ0) is 21.2. The van der Waals surface area contributed by atoms with Gasteiger partial charge in [0.1, 0.15) is 18.5 Å². The highest BCUT2D eigenvalue weighted by molar-refractivity contribution is 7.60. The number of hydrogen-bond donors (Lipinski definition) is 2. The number of hydrogen-bond acceptors (Lipinski definition) is 7. The zero-order valence-electron chi connectivity index (χ0n) is 16.3. The minimum absolute atomic E-state index is 0.320. The van der Waals surface area contributed by atoms with Gasteiger partial charge in [0.15, 0.2) is 0 Å². The molecule has 1 saturated heterocycles. The van der Waals surface area contributed by atoms with Crippen LogP contribution < -0.4 is 9.64 Å². The Bertz CT molecular complexity index is 846. The molecule has 1 atom stereocenters. The Morgan fingerprint density at radius 2 is 1.62 bits per heavy atom. The van der Waals surface area contributed by atoms with Gasteiger partial charge in [-0.2, -0.15) is 13.2 Å². The number of nitrogens with zero attached hydrogens (tertiary/aromatic N) is 2. The van der Waals surface area contributed by atoms with Crippen molar-refractivity contribution in [2.24, 2.45) is 0 Å². The summed E-state index contributed by atoms with van der Waals surface area (Å²) in [4.78, 5) is 4.64. The summed E-state index contributed by atoms with van der Waals surface area (Å²) in [6, 6.07) is 15.9. The Balaban J connectivity index is 0.000000687. The summed E-state index contributed by atoms with van der Waals surface area (Å²) >= 11 is 5.95. The van der Waals surface area contributed by atoms with E-state index in [9.17, 15) is 5.11 Å². The third-order valence-electron chi connectivity index (χ3n) is 4.50. The van der Waals surface area contributed by atoms with Crippen molar-refractivity contribution >= 4 is 27.8 Å². The molecule has 0 bridgehead atoms. The number of rotatable bonds is 6. The first-order chi connectivity index (χ1) is 13.8. The standard InChI is InChI=1S/C20H25ClN2O2.HNO2S/c1-16-2-8-20(9-3-16)25-15-19(24)14-22-10-12-23(13-11-22)18-6-4-17(21)5-7-18;1-4(2)3/h2-9,19,24H,10-15H2,1H3;1H. The molecule has 158 valence electrons. The monoisotopic (exact) mass is 439 g/mol. The lowest BCUT2D eigenvalue weighted by molar-refractivity contribution is 0.0663. The summed E-state index contributed by atoms with van der Waals surface area (Å²) in [6.07, 6.45) is -0.483. The third kappa shape index (κ3) is 8.82. The first kappa shape index (κ1) is 23.2. The first-order valence-corrected chi connectivity index (χ1v) is 10.7. The lowest BCUT2D eigenvalue weighted by Crippen LogP contribution is -2.49. The summed E-state index contributed by atoms with van der Waals surface area (Å²) in [5, 5.41) is 11.0. The van der Waals surface area contributed by atoms with Gasteiger partial charge in [-0.25, -0.2) is 0 Å². The third-order valence-corrected chi connectivity index (χ3v) is 4.75. The molecule has 1 unspecified atom stereocenters. The number of aliphatic hydroxyl groups excluding tert-OH is 1. The fourth-order valence-electron chi connectivity index (χ4n) is 3.02. The minimum Gasteiger partial charge on any atom is -0.491 e. The largest absolute Gasteiger partial charge is 0.491 e. The number of aryl methyl sites for hydroxylation is 1. The molecule has 1 fully saturated rings. The number of β-amino-alcohol motifs (C(OH)–C–C–N with tert-alkyl or cyclic N) is 1. The van der Waals surface area contributed by atoms with Crippen LogP contribution in [-0.4, -0.2) is 63.9 Å². The highest BCUT2D eigenvalue weighted by Crippen LogP contribution is 2.19. The summed E-state index contributed by atoms with van der Waals surface area (Å²) < 4.78 is 28.5. The van der Waals surface area contributed by atoms with Gasteiger partial charge in [0.2, 0.25) is 0 Å². The molecule has 1 heterocycles. The van der Waals surface area contributed by atoms with E-state index in [1.165, 1.54) is 11.3 Å². The van der Waals surface area contributed by atoms with Gasteiger partial charge >= 0.3 is 10.5 Å². The van der Waals surface area contributed by atoms with Crippen molar-refractivity contribution in [2.75, 3.05) is 44.2 Å². The van der Waals surface area contributed by atoms with E-state index in [2.05, 4.69) is 21.9 Å². The van der Waals surface area contributed by atoms with Crippen LogP contribution in [0.3, 0.4) is 0 Å². The topological polar surface area (TPSA) is 93.9 Å². The number of anilines is 1. The lowest BCUT2D eigenvalue weighted by atomic mass is 10.2. The normalized spacial score (nSPS) is 15.2.